The summed E-state index contributed by atoms with van der Waals surface area (Å²) in [6.07, 6.45) is 1.97. The summed E-state index contributed by atoms with van der Waals surface area (Å²) >= 11 is 0. The predicted octanol–water partition coefficient (Wildman–Crippen LogP) is 3.10. The van der Waals surface area contributed by atoms with Crippen LogP contribution in [-0.2, 0) is 0 Å². The van der Waals surface area contributed by atoms with Crippen molar-refractivity contribution < 1.29 is 4.42 Å². The van der Waals surface area contributed by atoms with Crippen LogP contribution in [0.4, 0.5) is 5.82 Å². The fraction of sp³-hybridized carbons (Fsp3) is 0.217. The molecule has 32 heavy (non-hydrogen) atoms. The van der Waals surface area contributed by atoms with Gasteiger partial charge in [-0.3, -0.25) is 9.48 Å². The van der Waals surface area contributed by atoms with E-state index in [0.717, 1.165) is 48.2 Å². The lowest BCUT2D eigenvalue weighted by Gasteiger charge is -2.23. The van der Waals surface area contributed by atoms with Crippen molar-refractivity contribution in [3.63, 3.8) is 0 Å². The number of anilines is 1. The van der Waals surface area contributed by atoms with Crippen molar-refractivity contribution in [3.8, 4) is 22.7 Å². The van der Waals surface area contributed by atoms with E-state index in [2.05, 4.69) is 20.5 Å². The minimum absolute atomic E-state index is 0.0851. The minimum Gasteiger partial charge on any atom is -0.436 e. The van der Waals surface area contributed by atoms with Crippen LogP contribution in [0, 0.1) is 0 Å². The number of fused-ring (bicyclic) bond motifs is 2. The number of hydrogen-bond donors (Lipinski definition) is 3. The number of nitrogen functional groups attached to an aromatic ring is 1. The SMILES string of the molecule is Nc1n[nH]c(=O)c2c1c(-c1ccc(-c3nc4ccccc4o3)cc1)nn2[C@@H]1CCCNC1. The van der Waals surface area contributed by atoms with Crippen LogP contribution in [0.25, 0.3) is 44.7 Å². The van der Waals surface area contributed by atoms with Gasteiger partial charge < -0.3 is 15.5 Å². The van der Waals surface area contributed by atoms with Gasteiger partial charge in [-0.15, -0.1) is 0 Å². The highest BCUT2D eigenvalue weighted by Gasteiger charge is 2.25. The number of nitrogens with two attached hydrogens (primary N) is 1. The molecule has 0 amide bonds. The maximum atomic E-state index is 12.7. The Morgan fingerprint density at radius 2 is 1.91 bits per heavy atom. The van der Waals surface area contributed by atoms with Gasteiger partial charge in [-0.2, -0.15) is 10.2 Å². The van der Waals surface area contributed by atoms with E-state index in [1.165, 1.54) is 0 Å². The smallest absolute Gasteiger partial charge is 0.290 e. The second kappa shape index (κ2) is 7.31. The van der Waals surface area contributed by atoms with Crippen LogP contribution in [0.3, 0.4) is 0 Å². The molecule has 9 nitrogen and oxygen atoms in total. The summed E-state index contributed by atoms with van der Waals surface area (Å²) < 4.78 is 7.68. The molecule has 6 rings (SSSR count). The second-order valence-electron chi connectivity index (χ2n) is 8.02. The zero-order valence-electron chi connectivity index (χ0n) is 17.2. The van der Waals surface area contributed by atoms with Crippen molar-refractivity contribution in [3.05, 3.63) is 58.9 Å². The van der Waals surface area contributed by atoms with E-state index in [0.29, 0.717) is 22.5 Å². The number of benzene rings is 2. The van der Waals surface area contributed by atoms with Gasteiger partial charge in [0.2, 0.25) is 5.89 Å². The molecule has 0 saturated carbocycles. The lowest BCUT2D eigenvalue weighted by Crippen LogP contribution is -2.33. The monoisotopic (exact) mass is 427 g/mol. The first-order valence-corrected chi connectivity index (χ1v) is 10.6. The van der Waals surface area contributed by atoms with E-state index >= 15 is 0 Å². The van der Waals surface area contributed by atoms with Gasteiger partial charge in [0.1, 0.15) is 16.7 Å². The number of nitrogens with zero attached hydrogens (tertiary/aromatic N) is 4. The van der Waals surface area contributed by atoms with Crippen LogP contribution >= 0.6 is 0 Å². The third-order valence-electron chi connectivity index (χ3n) is 5.98. The predicted molar refractivity (Wildman–Crippen MR) is 122 cm³/mol. The Bertz CT molecular complexity index is 1460. The number of hydrogen-bond acceptors (Lipinski definition) is 7. The molecule has 0 spiro atoms. The fourth-order valence-electron chi connectivity index (χ4n) is 4.39. The van der Waals surface area contributed by atoms with E-state index in [9.17, 15) is 4.79 Å². The van der Waals surface area contributed by atoms with Crippen LogP contribution in [-0.4, -0.2) is 38.1 Å². The van der Waals surface area contributed by atoms with Crippen LogP contribution in [0.1, 0.15) is 18.9 Å². The van der Waals surface area contributed by atoms with Gasteiger partial charge in [0.25, 0.3) is 5.56 Å². The number of oxazole rings is 1. The summed E-state index contributed by atoms with van der Waals surface area (Å²) in [5, 5.41) is 15.3. The number of aromatic nitrogens is 5. The molecular weight excluding hydrogens is 406 g/mol. The van der Waals surface area contributed by atoms with Gasteiger partial charge in [-0.05, 0) is 43.7 Å². The van der Waals surface area contributed by atoms with E-state index in [4.69, 9.17) is 15.2 Å². The van der Waals surface area contributed by atoms with Crippen LogP contribution in [0.15, 0.2) is 57.7 Å². The molecule has 5 aromatic rings. The zero-order chi connectivity index (χ0) is 21.7. The lowest BCUT2D eigenvalue weighted by atomic mass is 10.1. The number of H-pyrrole nitrogens is 1. The van der Waals surface area contributed by atoms with Crippen molar-refractivity contribution >= 4 is 27.8 Å². The molecule has 2 aromatic carbocycles. The quantitative estimate of drug-likeness (QED) is 0.404. The first-order valence-electron chi connectivity index (χ1n) is 10.6. The molecule has 160 valence electrons. The minimum atomic E-state index is -0.290. The van der Waals surface area contributed by atoms with Crippen molar-refractivity contribution in [1.82, 2.24) is 30.3 Å². The summed E-state index contributed by atoms with van der Waals surface area (Å²) in [6.45, 7) is 1.73. The maximum absolute atomic E-state index is 12.7. The van der Waals surface area contributed by atoms with Crippen LogP contribution in [0.5, 0.6) is 0 Å². The molecule has 3 aromatic heterocycles. The molecule has 0 bridgehead atoms. The molecule has 1 aliphatic rings. The summed E-state index contributed by atoms with van der Waals surface area (Å²) in [7, 11) is 0. The topological polar surface area (TPSA) is 128 Å². The molecule has 1 fully saturated rings. The van der Waals surface area contributed by atoms with Crippen molar-refractivity contribution in [2.45, 2.75) is 18.9 Å². The van der Waals surface area contributed by atoms with Crippen molar-refractivity contribution in [2.24, 2.45) is 0 Å². The average Bonchev–Trinajstić information content (AvgIpc) is 3.45. The van der Waals surface area contributed by atoms with Gasteiger partial charge >= 0.3 is 0 Å². The van der Waals surface area contributed by atoms with Gasteiger partial charge in [-0.25, -0.2) is 10.1 Å². The number of nitrogens with one attached hydrogen (secondary N) is 2. The molecule has 4 heterocycles. The van der Waals surface area contributed by atoms with Crippen LogP contribution in [0.2, 0.25) is 0 Å². The fourth-order valence-corrected chi connectivity index (χ4v) is 4.39. The summed E-state index contributed by atoms with van der Waals surface area (Å²) in [4.78, 5) is 17.2. The largest absolute Gasteiger partial charge is 0.436 e. The van der Waals surface area contributed by atoms with E-state index in [1.54, 1.807) is 0 Å². The van der Waals surface area contributed by atoms with Gasteiger partial charge in [0.05, 0.1) is 11.4 Å². The Morgan fingerprint density at radius 1 is 1.09 bits per heavy atom. The molecule has 1 aliphatic heterocycles. The highest BCUT2D eigenvalue weighted by atomic mass is 16.3. The molecule has 4 N–H and O–H groups in total. The number of rotatable bonds is 3. The Labute approximate surface area is 182 Å². The Morgan fingerprint density at radius 3 is 2.69 bits per heavy atom. The van der Waals surface area contributed by atoms with Gasteiger partial charge in [0.15, 0.2) is 11.4 Å². The van der Waals surface area contributed by atoms with E-state index in [-0.39, 0.29) is 17.4 Å². The Hall–Kier alpha value is -3.98. The first-order chi connectivity index (χ1) is 15.7. The molecular formula is C23H21N7O2. The van der Waals surface area contributed by atoms with Gasteiger partial charge in [-0.1, -0.05) is 24.3 Å². The summed E-state index contributed by atoms with van der Waals surface area (Å²) in [6, 6.07) is 15.5. The van der Waals surface area contributed by atoms with E-state index < -0.39 is 0 Å². The lowest BCUT2D eigenvalue weighted by molar-refractivity contribution is 0.355. The highest BCUT2D eigenvalue weighted by Crippen LogP contribution is 2.33. The van der Waals surface area contributed by atoms with Crippen molar-refractivity contribution in [2.75, 3.05) is 18.8 Å². The molecule has 9 heteroatoms. The third-order valence-corrected chi connectivity index (χ3v) is 5.98. The average molecular weight is 427 g/mol. The zero-order valence-corrected chi connectivity index (χ0v) is 17.2. The maximum Gasteiger partial charge on any atom is 0.290 e. The Kier molecular flexibility index (Phi) is 4.29. The normalized spacial score (nSPS) is 16.7. The highest BCUT2D eigenvalue weighted by molar-refractivity contribution is 5.99. The number of para-hydroxylation sites is 2. The number of aromatic amines is 1. The second-order valence-corrected chi connectivity index (χ2v) is 8.02. The molecule has 0 unspecified atom stereocenters. The Balaban J connectivity index is 1.46. The summed E-state index contributed by atoms with van der Waals surface area (Å²) in [5.74, 6) is 0.812. The summed E-state index contributed by atoms with van der Waals surface area (Å²) in [5.41, 5.74) is 10.3. The third kappa shape index (κ3) is 2.97. The van der Waals surface area contributed by atoms with E-state index in [1.807, 2.05) is 53.2 Å². The molecule has 0 radical (unpaired) electrons. The standard InChI is InChI=1S/C23H21N7O2/c24-21-18-19(29-30(15-4-3-11-25-12-15)20(18)22(31)28-27-21)13-7-9-14(10-8-13)23-26-16-5-1-2-6-17(16)32-23/h1-2,5-10,15,25H,3-4,11-12H2,(H2,24,27)(H,28,31)/t15-/m1/s1. The van der Waals surface area contributed by atoms with Crippen molar-refractivity contribution in [1.29, 1.82) is 0 Å². The number of piperidine rings is 1. The first kappa shape index (κ1) is 18.8. The van der Waals surface area contributed by atoms with Crippen LogP contribution < -0.4 is 16.6 Å². The molecule has 1 saturated heterocycles. The molecule has 1 atom stereocenters. The molecule has 0 aliphatic carbocycles. The van der Waals surface area contributed by atoms with Gasteiger partial charge in [0, 0.05) is 17.7 Å².